The topological polar surface area (TPSA) is 18.5 Å². The van der Waals surface area contributed by atoms with Crippen LogP contribution in [-0.2, 0) is 0 Å². The van der Waals surface area contributed by atoms with Crippen LogP contribution in [-0.4, -0.2) is 14.2 Å². The Morgan fingerprint density at radius 1 is 0.594 bits per heavy atom. The van der Waals surface area contributed by atoms with Gasteiger partial charge in [-0.05, 0) is 62.7 Å². The average Bonchev–Trinajstić information content (AvgIpc) is 3.23. The molecule has 0 N–H and O–H groups in total. The van der Waals surface area contributed by atoms with Crippen LogP contribution in [0.25, 0.3) is 22.8 Å². The molecule has 156 valence electrons. The minimum atomic E-state index is 0.729. The molecular formula is C30H24O2. The monoisotopic (exact) mass is 416 g/mol. The Balaban J connectivity index is 1.88. The molecule has 0 bridgehead atoms. The molecule has 5 rings (SSSR count). The Labute approximate surface area is 189 Å². The van der Waals surface area contributed by atoms with E-state index in [9.17, 15) is 0 Å². The van der Waals surface area contributed by atoms with E-state index in [1.54, 1.807) is 14.2 Å². The number of rotatable bonds is 5. The molecule has 2 heteroatoms. The Hall–Kier alpha value is -4.04. The summed E-state index contributed by atoms with van der Waals surface area (Å²) in [7, 11) is 3.36. The van der Waals surface area contributed by atoms with E-state index >= 15 is 0 Å². The van der Waals surface area contributed by atoms with Crippen LogP contribution in [0.2, 0.25) is 0 Å². The fraction of sp³-hybridized carbons (Fsp3) is 0.0667. The van der Waals surface area contributed by atoms with Crippen molar-refractivity contribution in [3.8, 4) is 11.5 Å². The molecule has 0 fully saturated rings. The highest BCUT2D eigenvalue weighted by molar-refractivity contribution is 6.26. The highest BCUT2D eigenvalue weighted by Crippen LogP contribution is 2.49. The van der Waals surface area contributed by atoms with Crippen LogP contribution >= 0.6 is 0 Å². The molecule has 0 amide bonds. The quantitative estimate of drug-likeness (QED) is 0.342. The van der Waals surface area contributed by atoms with Crippen LogP contribution in [0.1, 0.15) is 27.8 Å². The van der Waals surface area contributed by atoms with Gasteiger partial charge in [0.15, 0.2) is 11.5 Å². The number of allylic oxidation sites excluding steroid dienone is 2. The van der Waals surface area contributed by atoms with Gasteiger partial charge >= 0.3 is 0 Å². The van der Waals surface area contributed by atoms with Gasteiger partial charge in [0.1, 0.15) is 0 Å². The van der Waals surface area contributed by atoms with E-state index in [-0.39, 0.29) is 0 Å². The van der Waals surface area contributed by atoms with Crippen molar-refractivity contribution in [3.63, 3.8) is 0 Å². The summed E-state index contributed by atoms with van der Waals surface area (Å²) in [5, 5.41) is 0. The number of methoxy groups -OCH3 is 2. The molecule has 0 atom stereocenters. The molecule has 32 heavy (non-hydrogen) atoms. The fourth-order valence-corrected chi connectivity index (χ4v) is 4.38. The van der Waals surface area contributed by atoms with Gasteiger partial charge in [-0.2, -0.15) is 0 Å². The lowest BCUT2D eigenvalue weighted by molar-refractivity contribution is 0.355. The molecule has 0 heterocycles. The van der Waals surface area contributed by atoms with E-state index in [1.807, 2.05) is 0 Å². The van der Waals surface area contributed by atoms with E-state index in [2.05, 4.69) is 109 Å². The molecule has 1 aliphatic rings. The molecular weight excluding hydrogens is 392 g/mol. The normalized spacial score (nSPS) is 12.2. The lowest BCUT2D eigenvalue weighted by atomic mass is 9.86. The summed E-state index contributed by atoms with van der Waals surface area (Å²) in [6.07, 6.45) is 2.26. The molecule has 0 unspecified atom stereocenters. The van der Waals surface area contributed by atoms with Gasteiger partial charge in [-0.1, -0.05) is 91.0 Å². The minimum Gasteiger partial charge on any atom is -0.493 e. The van der Waals surface area contributed by atoms with Crippen molar-refractivity contribution in [1.82, 2.24) is 0 Å². The summed E-state index contributed by atoms with van der Waals surface area (Å²) in [5.41, 5.74) is 9.40. The molecule has 2 nitrogen and oxygen atoms in total. The van der Waals surface area contributed by atoms with Crippen molar-refractivity contribution in [2.75, 3.05) is 14.2 Å². The average molecular weight is 417 g/mol. The van der Waals surface area contributed by atoms with Crippen molar-refractivity contribution in [2.45, 2.75) is 0 Å². The van der Waals surface area contributed by atoms with Crippen molar-refractivity contribution >= 4 is 22.8 Å². The lowest BCUT2D eigenvalue weighted by Crippen LogP contribution is -1.97. The third kappa shape index (κ3) is 3.50. The van der Waals surface area contributed by atoms with E-state index in [0.29, 0.717) is 0 Å². The summed E-state index contributed by atoms with van der Waals surface area (Å²) < 4.78 is 11.3. The fourth-order valence-electron chi connectivity index (χ4n) is 4.38. The number of hydrogen-bond acceptors (Lipinski definition) is 2. The first-order valence-electron chi connectivity index (χ1n) is 10.7. The lowest BCUT2D eigenvalue weighted by Gasteiger charge is -2.18. The minimum absolute atomic E-state index is 0.729. The number of benzene rings is 4. The van der Waals surface area contributed by atoms with E-state index in [1.165, 1.54) is 33.4 Å². The third-order valence-electron chi connectivity index (χ3n) is 5.85. The maximum absolute atomic E-state index is 5.67. The summed E-state index contributed by atoms with van der Waals surface area (Å²) in [6.45, 7) is 0. The standard InChI is InChI=1S/C30H24O2/c1-31-27-19-24-18-25(21-12-6-3-7-13-21)30(26(24)20-28(27)32-2)29(22-14-8-4-9-15-22)23-16-10-5-11-17-23/h3-20H,1-2H3. The summed E-state index contributed by atoms with van der Waals surface area (Å²) in [5.74, 6) is 1.46. The van der Waals surface area contributed by atoms with Crippen molar-refractivity contribution in [3.05, 3.63) is 131 Å². The van der Waals surface area contributed by atoms with Gasteiger partial charge in [0.05, 0.1) is 14.2 Å². The van der Waals surface area contributed by atoms with Crippen LogP contribution in [0.5, 0.6) is 11.5 Å². The van der Waals surface area contributed by atoms with Crippen LogP contribution in [0.3, 0.4) is 0 Å². The largest absolute Gasteiger partial charge is 0.493 e. The maximum Gasteiger partial charge on any atom is 0.161 e. The summed E-state index contributed by atoms with van der Waals surface area (Å²) in [6, 6.07) is 35.9. The zero-order valence-electron chi connectivity index (χ0n) is 18.2. The number of ether oxygens (including phenoxy) is 2. The van der Waals surface area contributed by atoms with Crippen molar-refractivity contribution in [1.29, 1.82) is 0 Å². The third-order valence-corrected chi connectivity index (χ3v) is 5.85. The maximum atomic E-state index is 5.67. The molecule has 4 aromatic carbocycles. The summed E-state index contributed by atoms with van der Waals surface area (Å²) in [4.78, 5) is 0. The second-order valence-corrected chi connectivity index (χ2v) is 7.70. The second kappa shape index (κ2) is 8.60. The molecule has 0 saturated heterocycles. The first-order valence-corrected chi connectivity index (χ1v) is 10.7. The molecule has 1 aliphatic carbocycles. The van der Waals surface area contributed by atoms with E-state index < -0.39 is 0 Å². The highest BCUT2D eigenvalue weighted by atomic mass is 16.5. The zero-order chi connectivity index (χ0) is 21.9. The predicted octanol–water partition coefficient (Wildman–Crippen LogP) is 7.22. The predicted molar refractivity (Wildman–Crippen MR) is 133 cm³/mol. The van der Waals surface area contributed by atoms with Crippen LogP contribution < -0.4 is 9.47 Å². The van der Waals surface area contributed by atoms with Crippen LogP contribution in [0.15, 0.2) is 103 Å². The number of fused-ring (bicyclic) bond motifs is 1. The molecule has 0 spiro atoms. The van der Waals surface area contributed by atoms with Gasteiger partial charge in [-0.3, -0.25) is 0 Å². The molecule has 0 aliphatic heterocycles. The number of hydrogen-bond donors (Lipinski definition) is 0. The highest BCUT2D eigenvalue weighted by Gasteiger charge is 2.27. The summed E-state index contributed by atoms with van der Waals surface area (Å²) >= 11 is 0. The Morgan fingerprint density at radius 3 is 1.62 bits per heavy atom. The Kier molecular flexibility index (Phi) is 5.35. The first kappa shape index (κ1) is 19.9. The Morgan fingerprint density at radius 2 is 1.09 bits per heavy atom. The van der Waals surface area contributed by atoms with Gasteiger partial charge in [0.2, 0.25) is 0 Å². The van der Waals surface area contributed by atoms with Gasteiger partial charge in [-0.25, -0.2) is 0 Å². The molecule has 0 radical (unpaired) electrons. The van der Waals surface area contributed by atoms with Crippen molar-refractivity contribution < 1.29 is 9.47 Å². The van der Waals surface area contributed by atoms with Crippen LogP contribution in [0, 0.1) is 0 Å². The van der Waals surface area contributed by atoms with Gasteiger partial charge in [0, 0.05) is 0 Å². The zero-order valence-corrected chi connectivity index (χ0v) is 18.2. The Bertz CT molecular complexity index is 1260. The molecule has 4 aromatic rings. The second-order valence-electron chi connectivity index (χ2n) is 7.70. The SMILES string of the molecule is COc1cc2c(cc1OC)C(=C(c1ccccc1)c1ccccc1)C(c1ccccc1)=C2. The van der Waals surface area contributed by atoms with E-state index in [4.69, 9.17) is 9.47 Å². The molecule has 0 saturated carbocycles. The van der Waals surface area contributed by atoms with Crippen LogP contribution in [0.4, 0.5) is 0 Å². The first-order chi connectivity index (χ1) is 15.8. The van der Waals surface area contributed by atoms with Gasteiger partial charge < -0.3 is 9.47 Å². The van der Waals surface area contributed by atoms with E-state index in [0.717, 1.165) is 22.6 Å². The smallest absolute Gasteiger partial charge is 0.161 e. The van der Waals surface area contributed by atoms with Crippen molar-refractivity contribution in [2.24, 2.45) is 0 Å². The van der Waals surface area contributed by atoms with Gasteiger partial charge in [0.25, 0.3) is 0 Å². The van der Waals surface area contributed by atoms with Gasteiger partial charge in [-0.15, -0.1) is 0 Å². The molecule has 0 aromatic heterocycles.